The summed E-state index contributed by atoms with van der Waals surface area (Å²) in [5.74, 6) is 0. The summed E-state index contributed by atoms with van der Waals surface area (Å²) in [5, 5.41) is 28.0. The summed E-state index contributed by atoms with van der Waals surface area (Å²) in [6.07, 6.45) is 0.232. The molecule has 1 aromatic heterocycles. The molecule has 1 aromatic rings. The molecule has 0 atom stereocenters. The van der Waals surface area contributed by atoms with E-state index >= 15 is 4.39 Å². The Morgan fingerprint density at radius 2 is 2.04 bits per heavy atom. The van der Waals surface area contributed by atoms with Gasteiger partial charge in [0, 0.05) is 13.6 Å². The van der Waals surface area contributed by atoms with Gasteiger partial charge in [0.1, 0.15) is 11.8 Å². The number of alkyl halides is 1. The third kappa shape index (κ3) is 4.48. The molecule has 0 unspecified atom stereocenters. The van der Waals surface area contributed by atoms with Gasteiger partial charge in [-0.2, -0.15) is 5.10 Å². The van der Waals surface area contributed by atoms with Crippen molar-refractivity contribution >= 4 is 11.8 Å². The Morgan fingerprint density at radius 3 is 2.54 bits per heavy atom. The number of nitrogens with one attached hydrogen (secondary N) is 1. The number of carbonyl (C=O) groups excluding carboxylic acids is 1. The number of hydrogen-bond acceptors (Lipinski definition) is 6. The third-order valence-electron chi connectivity index (χ3n) is 4.47. The van der Waals surface area contributed by atoms with Gasteiger partial charge in [-0.05, 0) is 46.5 Å². The van der Waals surface area contributed by atoms with Crippen LogP contribution in [-0.2, 0) is 17.5 Å². The normalized spacial score (nSPS) is 26.4. The summed E-state index contributed by atoms with van der Waals surface area (Å²) < 4.78 is 21.7. The van der Waals surface area contributed by atoms with Crippen LogP contribution in [0.1, 0.15) is 52.1 Å². The molecule has 1 fully saturated rings. The molecule has 0 aliphatic heterocycles. The number of carbonyl (C=O) groups is 1. The molecule has 0 radical (unpaired) electrons. The fraction of sp³-hybridized carbons (Fsp3) is 0.750. The number of nitro groups is 1. The smallest absolute Gasteiger partial charge is 0.407 e. The Balaban J connectivity index is 2.03. The molecule has 1 amide bonds. The number of amides is 1. The van der Waals surface area contributed by atoms with Gasteiger partial charge in [0.2, 0.25) is 0 Å². The zero-order chi connectivity index (χ0) is 19.8. The molecule has 146 valence electrons. The topological polar surface area (TPSA) is 120 Å². The van der Waals surface area contributed by atoms with Gasteiger partial charge in [-0.1, -0.05) is 0 Å². The van der Waals surface area contributed by atoms with Crippen LogP contribution in [0.4, 0.5) is 14.9 Å². The molecular formula is C16H25FN4O5. The van der Waals surface area contributed by atoms with Crippen LogP contribution < -0.4 is 5.32 Å². The first kappa shape index (κ1) is 20.1. The highest BCUT2D eigenvalue weighted by molar-refractivity contribution is 5.67. The number of rotatable bonds is 4. The van der Waals surface area contributed by atoms with Gasteiger partial charge in [0.25, 0.3) is 0 Å². The maximum Gasteiger partial charge on any atom is 0.407 e. The van der Waals surface area contributed by atoms with E-state index in [2.05, 4.69) is 10.4 Å². The van der Waals surface area contributed by atoms with E-state index in [4.69, 9.17) is 4.74 Å². The summed E-state index contributed by atoms with van der Waals surface area (Å²) >= 11 is 0. The molecule has 9 nitrogen and oxygen atoms in total. The van der Waals surface area contributed by atoms with Gasteiger partial charge >= 0.3 is 11.8 Å². The second-order valence-corrected chi connectivity index (χ2v) is 7.80. The maximum absolute atomic E-state index is 15.4. The van der Waals surface area contributed by atoms with E-state index in [9.17, 15) is 20.0 Å². The average Bonchev–Trinajstić information content (AvgIpc) is 2.90. The van der Waals surface area contributed by atoms with E-state index in [0.717, 1.165) is 6.20 Å². The number of ether oxygens (including phenoxy) is 1. The SMILES string of the molecule is Cn1ncc([N+](=O)[O-])c1C1(F)CCC(O)(CNC(=O)OC(C)(C)C)CC1. The quantitative estimate of drug-likeness (QED) is 0.618. The zero-order valence-corrected chi connectivity index (χ0v) is 15.4. The van der Waals surface area contributed by atoms with Crippen molar-refractivity contribution in [3.63, 3.8) is 0 Å². The maximum atomic E-state index is 15.4. The highest BCUT2D eigenvalue weighted by Crippen LogP contribution is 2.46. The lowest BCUT2D eigenvalue weighted by molar-refractivity contribution is -0.386. The van der Waals surface area contributed by atoms with Gasteiger partial charge < -0.3 is 15.2 Å². The molecule has 1 saturated carbocycles. The minimum atomic E-state index is -1.95. The first-order valence-electron chi connectivity index (χ1n) is 8.40. The van der Waals surface area contributed by atoms with Crippen LogP contribution >= 0.6 is 0 Å². The first-order valence-corrected chi connectivity index (χ1v) is 8.40. The van der Waals surface area contributed by atoms with Crippen LogP contribution in [0.15, 0.2) is 6.20 Å². The number of alkyl carbamates (subject to hydrolysis) is 1. The first-order chi connectivity index (χ1) is 11.9. The molecule has 1 aliphatic rings. The molecule has 0 bridgehead atoms. The summed E-state index contributed by atoms with van der Waals surface area (Å²) in [6.45, 7) is 5.09. The van der Waals surface area contributed by atoms with E-state index in [1.54, 1.807) is 20.8 Å². The fourth-order valence-corrected chi connectivity index (χ4v) is 3.16. The standard InChI is InChI=1S/C16H25FN4O5/c1-14(2,3)26-13(22)18-10-15(23)5-7-16(17,8-6-15)12-11(21(24)25)9-19-20(12)4/h9,23H,5-8,10H2,1-4H3,(H,18,22). The average molecular weight is 372 g/mol. The van der Waals surface area contributed by atoms with Gasteiger partial charge in [0.05, 0.1) is 10.5 Å². The van der Waals surface area contributed by atoms with E-state index in [-0.39, 0.29) is 43.6 Å². The summed E-state index contributed by atoms with van der Waals surface area (Å²) in [4.78, 5) is 22.2. The van der Waals surface area contributed by atoms with Crippen LogP contribution in [0.25, 0.3) is 0 Å². The van der Waals surface area contributed by atoms with Crippen LogP contribution in [0.3, 0.4) is 0 Å². The molecule has 10 heteroatoms. The molecular weight excluding hydrogens is 347 g/mol. The van der Waals surface area contributed by atoms with Crippen molar-refractivity contribution in [1.29, 1.82) is 0 Å². The van der Waals surface area contributed by atoms with E-state index < -0.39 is 27.9 Å². The lowest BCUT2D eigenvalue weighted by atomic mass is 9.75. The minimum absolute atomic E-state index is 0.0433. The van der Waals surface area contributed by atoms with Crippen molar-refractivity contribution in [2.24, 2.45) is 7.05 Å². The van der Waals surface area contributed by atoms with E-state index in [1.165, 1.54) is 11.7 Å². The second kappa shape index (κ2) is 6.82. The Labute approximate surface area is 150 Å². The van der Waals surface area contributed by atoms with Crippen LogP contribution in [0.2, 0.25) is 0 Å². The zero-order valence-electron chi connectivity index (χ0n) is 15.4. The van der Waals surface area contributed by atoms with Gasteiger partial charge in [-0.25, -0.2) is 9.18 Å². The van der Waals surface area contributed by atoms with Crippen molar-refractivity contribution < 1.29 is 24.0 Å². The molecule has 0 spiro atoms. The molecule has 1 aliphatic carbocycles. The molecule has 26 heavy (non-hydrogen) atoms. The summed E-state index contributed by atoms with van der Waals surface area (Å²) in [7, 11) is 1.45. The summed E-state index contributed by atoms with van der Waals surface area (Å²) in [5.41, 5.74) is -4.37. The number of aliphatic hydroxyl groups is 1. The molecule has 0 saturated heterocycles. The second-order valence-electron chi connectivity index (χ2n) is 7.80. The number of hydrogen-bond donors (Lipinski definition) is 2. The third-order valence-corrected chi connectivity index (χ3v) is 4.47. The Kier molecular flexibility index (Phi) is 5.27. The Bertz CT molecular complexity index is 689. The van der Waals surface area contributed by atoms with Crippen molar-refractivity contribution in [2.75, 3.05) is 6.54 Å². The number of aryl methyl sites for hydroxylation is 1. The number of halogens is 1. The lowest BCUT2D eigenvalue weighted by Gasteiger charge is -2.39. The minimum Gasteiger partial charge on any atom is -0.444 e. The van der Waals surface area contributed by atoms with Crippen molar-refractivity contribution in [3.8, 4) is 0 Å². The van der Waals surface area contributed by atoms with Crippen LogP contribution in [0.5, 0.6) is 0 Å². The van der Waals surface area contributed by atoms with Crippen molar-refractivity contribution in [1.82, 2.24) is 15.1 Å². The van der Waals surface area contributed by atoms with Crippen LogP contribution in [0, 0.1) is 10.1 Å². The molecule has 2 rings (SSSR count). The summed E-state index contributed by atoms with van der Waals surface area (Å²) in [6, 6.07) is 0. The monoisotopic (exact) mass is 372 g/mol. The lowest BCUT2D eigenvalue weighted by Crippen LogP contribution is -2.48. The van der Waals surface area contributed by atoms with E-state index in [1.807, 2.05) is 0 Å². The number of aromatic nitrogens is 2. The molecule has 2 N–H and O–H groups in total. The Morgan fingerprint density at radius 1 is 1.46 bits per heavy atom. The highest BCUT2D eigenvalue weighted by atomic mass is 19.1. The predicted octanol–water partition coefficient (Wildman–Crippen LogP) is 2.32. The van der Waals surface area contributed by atoms with Gasteiger partial charge in [-0.15, -0.1) is 0 Å². The Hall–Kier alpha value is -2.23. The number of nitrogens with zero attached hydrogens (tertiary/aromatic N) is 3. The largest absolute Gasteiger partial charge is 0.444 e. The van der Waals surface area contributed by atoms with Gasteiger partial charge in [0.15, 0.2) is 11.4 Å². The van der Waals surface area contributed by atoms with Gasteiger partial charge in [-0.3, -0.25) is 14.8 Å². The van der Waals surface area contributed by atoms with E-state index in [0.29, 0.717) is 0 Å². The van der Waals surface area contributed by atoms with Crippen molar-refractivity contribution in [3.05, 3.63) is 22.0 Å². The predicted molar refractivity (Wildman–Crippen MR) is 90.3 cm³/mol. The van der Waals surface area contributed by atoms with Crippen molar-refractivity contribution in [2.45, 2.75) is 63.3 Å². The fourth-order valence-electron chi connectivity index (χ4n) is 3.16. The highest BCUT2D eigenvalue weighted by Gasteiger charge is 2.48. The van der Waals surface area contributed by atoms with Crippen LogP contribution in [-0.4, -0.2) is 43.7 Å². The molecule has 0 aromatic carbocycles. The molecule has 1 heterocycles.